The molecular formula is C18H23N5. The van der Waals surface area contributed by atoms with Crippen molar-refractivity contribution in [3.05, 3.63) is 47.3 Å². The summed E-state index contributed by atoms with van der Waals surface area (Å²) in [7, 11) is 0. The van der Waals surface area contributed by atoms with Crippen LogP contribution in [0.4, 0.5) is 11.6 Å². The van der Waals surface area contributed by atoms with Gasteiger partial charge in [0, 0.05) is 30.2 Å². The number of aryl methyl sites for hydroxylation is 2. The SMILES string of the molecule is Cc1cc(C)nc(N/N=C/c2ccc(N3CCCCC3)cc2)n1. The summed E-state index contributed by atoms with van der Waals surface area (Å²) < 4.78 is 0. The van der Waals surface area contributed by atoms with Crippen molar-refractivity contribution < 1.29 is 0 Å². The molecule has 0 spiro atoms. The Morgan fingerprint density at radius 2 is 1.65 bits per heavy atom. The molecule has 5 heteroatoms. The number of nitrogens with one attached hydrogen (secondary N) is 1. The van der Waals surface area contributed by atoms with E-state index >= 15 is 0 Å². The van der Waals surface area contributed by atoms with Crippen LogP contribution in [0.2, 0.25) is 0 Å². The third-order valence-electron chi connectivity index (χ3n) is 3.97. The molecule has 1 saturated heterocycles. The quantitative estimate of drug-likeness (QED) is 0.693. The Morgan fingerprint density at radius 3 is 2.30 bits per heavy atom. The molecular weight excluding hydrogens is 286 g/mol. The second-order valence-corrected chi connectivity index (χ2v) is 5.98. The fraction of sp³-hybridized carbons (Fsp3) is 0.389. The van der Waals surface area contributed by atoms with Crippen molar-refractivity contribution in [2.24, 2.45) is 5.10 Å². The maximum atomic E-state index is 4.30. The number of hydrogen-bond donors (Lipinski definition) is 1. The van der Waals surface area contributed by atoms with Gasteiger partial charge in [-0.2, -0.15) is 5.10 Å². The molecule has 2 aromatic rings. The van der Waals surface area contributed by atoms with E-state index in [1.54, 1.807) is 6.21 Å². The lowest BCUT2D eigenvalue weighted by atomic mass is 10.1. The van der Waals surface area contributed by atoms with Gasteiger partial charge in [-0.05, 0) is 56.9 Å². The predicted molar refractivity (Wildman–Crippen MR) is 95.2 cm³/mol. The fourth-order valence-corrected chi connectivity index (χ4v) is 2.86. The first-order chi connectivity index (χ1) is 11.2. The molecule has 1 fully saturated rings. The van der Waals surface area contributed by atoms with Gasteiger partial charge in [-0.15, -0.1) is 0 Å². The zero-order chi connectivity index (χ0) is 16.1. The van der Waals surface area contributed by atoms with E-state index in [1.807, 2.05) is 19.9 Å². The van der Waals surface area contributed by atoms with Crippen LogP contribution in [0.15, 0.2) is 35.4 Å². The largest absolute Gasteiger partial charge is 0.372 e. The first-order valence-corrected chi connectivity index (χ1v) is 8.17. The summed E-state index contributed by atoms with van der Waals surface area (Å²) in [5.74, 6) is 0.531. The van der Waals surface area contributed by atoms with Crippen LogP contribution in [0.5, 0.6) is 0 Å². The average Bonchev–Trinajstić information content (AvgIpc) is 2.55. The number of nitrogens with zero attached hydrogens (tertiary/aromatic N) is 4. The van der Waals surface area contributed by atoms with Crippen LogP contribution in [0, 0.1) is 13.8 Å². The molecule has 120 valence electrons. The molecule has 0 bridgehead atoms. The summed E-state index contributed by atoms with van der Waals surface area (Å²) >= 11 is 0. The van der Waals surface area contributed by atoms with Crippen LogP contribution in [-0.2, 0) is 0 Å². The van der Waals surface area contributed by atoms with Crippen molar-refractivity contribution in [3.63, 3.8) is 0 Å². The van der Waals surface area contributed by atoms with Crippen molar-refractivity contribution in [1.82, 2.24) is 9.97 Å². The number of benzene rings is 1. The molecule has 1 aromatic carbocycles. The van der Waals surface area contributed by atoms with Gasteiger partial charge in [-0.3, -0.25) is 0 Å². The van der Waals surface area contributed by atoms with Gasteiger partial charge in [0.2, 0.25) is 5.95 Å². The van der Waals surface area contributed by atoms with Gasteiger partial charge >= 0.3 is 0 Å². The van der Waals surface area contributed by atoms with Crippen molar-refractivity contribution in [3.8, 4) is 0 Å². The minimum absolute atomic E-state index is 0.531. The lowest BCUT2D eigenvalue weighted by molar-refractivity contribution is 0.578. The Bertz CT molecular complexity index is 652. The molecule has 1 aliphatic rings. The molecule has 23 heavy (non-hydrogen) atoms. The molecule has 0 unspecified atom stereocenters. The zero-order valence-electron chi connectivity index (χ0n) is 13.8. The summed E-state index contributed by atoms with van der Waals surface area (Å²) in [6, 6.07) is 10.5. The van der Waals surface area contributed by atoms with Crippen LogP contribution in [0.1, 0.15) is 36.2 Å². The Balaban J connectivity index is 1.61. The lowest BCUT2D eigenvalue weighted by Gasteiger charge is -2.28. The highest BCUT2D eigenvalue weighted by molar-refractivity contribution is 5.80. The fourth-order valence-electron chi connectivity index (χ4n) is 2.86. The van der Waals surface area contributed by atoms with Gasteiger partial charge in [0.25, 0.3) is 0 Å². The van der Waals surface area contributed by atoms with E-state index < -0.39 is 0 Å². The van der Waals surface area contributed by atoms with Crippen LogP contribution in [-0.4, -0.2) is 29.3 Å². The molecule has 1 N–H and O–H groups in total. The molecule has 0 saturated carbocycles. The van der Waals surface area contributed by atoms with Crippen LogP contribution in [0.3, 0.4) is 0 Å². The second kappa shape index (κ2) is 7.22. The van der Waals surface area contributed by atoms with E-state index in [2.05, 4.69) is 49.7 Å². The monoisotopic (exact) mass is 309 g/mol. The maximum absolute atomic E-state index is 4.30. The summed E-state index contributed by atoms with van der Waals surface area (Å²) in [6.07, 6.45) is 5.74. The van der Waals surface area contributed by atoms with E-state index in [9.17, 15) is 0 Å². The minimum atomic E-state index is 0.531. The summed E-state index contributed by atoms with van der Waals surface area (Å²) in [4.78, 5) is 11.0. The molecule has 3 rings (SSSR count). The van der Waals surface area contributed by atoms with Gasteiger partial charge in [-0.1, -0.05) is 12.1 Å². The highest BCUT2D eigenvalue weighted by atomic mass is 15.3. The summed E-state index contributed by atoms with van der Waals surface area (Å²) in [6.45, 7) is 6.23. The number of hydrogen-bond acceptors (Lipinski definition) is 5. The van der Waals surface area contributed by atoms with E-state index in [4.69, 9.17) is 0 Å². The van der Waals surface area contributed by atoms with Gasteiger partial charge in [0.05, 0.1) is 6.21 Å². The molecule has 0 radical (unpaired) electrons. The normalized spacial score (nSPS) is 15.1. The Kier molecular flexibility index (Phi) is 4.86. The van der Waals surface area contributed by atoms with Crippen LogP contribution < -0.4 is 10.3 Å². The standard InChI is InChI=1S/C18H23N5/c1-14-12-15(2)21-18(20-14)22-19-13-16-6-8-17(9-7-16)23-10-4-3-5-11-23/h6-9,12-13H,3-5,10-11H2,1-2H3,(H,20,21,22)/b19-13+. The summed E-state index contributed by atoms with van der Waals surface area (Å²) in [5.41, 5.74) is 7.11. The molecule has 1 aliphatic heterocycles. The first-order valence-electron chi connectivity index (χ1n) is 8.17. The number of rotatable bonds is 4. The Hall–Kier alpha value is -2.43. The zero-order valence-corrected chi connectivity index (χ0v) is 13.8. The van der Waals surface area contributed by atoms with E-state index in [-0.39, 0.29) is 0 Å². The van der Waals surface area contributed by atoms with E-state index in [1.165, 1.54) is 38.0 Å². The lowest BCUT2D eigenvalue weighted by Crippen LogP contribution is -2.29. The Labute approximate surface area is 137 Å². The molecule has 5 nitrogen and oxygen atoms in total. The van der Waals surface area contributed by atoms with E-state index in [0.29, 0.717) is 5.95 Å². The molecule has 0 amide bonds. The van der Waals surface area contributed by atoms with Crippen molar-refractivity contribution in [2.75, 3.05) is 23.4 Å². The van der Waals surface area contributed by atoms with Crippen molar-refractivity contribution in [2.45, 2.75) is 33.1 Å². The number of anilines is 2. The minimum Gasteiger partial charge on any atom is -0.372 e. The van der Waals surface area contributed by atoms with Crippen LogP contribution in [0.25, 0.3) is 0 Å². The number of hydrazone groups is 1. The highest BCUT2D eigenvalue weighted by Gasteiger charge is 2.10. The maximum Gasteiger partial charge on any atom is 0.243 e. The molecule has 0 aliphatic carbocycles. The van der Waals surface area contributed by atoms with Gasteiger partial charge in [-0.25, -0.2) is 15.4 Å². The topological polar surface area (TPSA) is 53.4 Å². The number of piperidine rings is 1. The first kappa shape index (κ1) is 15.5. The Morgan fingerprint density at radius 1 is 1.00 bits per heavy atom. The predicted octanol–water partition coefficient (Wildman–Crippen LogP) is 3.53. The van der Waals surface area contributed by atoms with E-state index in [0.717, 1.165) is 17.0 Å². The molecule has 0 atom stereocenters. The highest BCUT2D eigenvalue weighted by Crippen LogP contribution is 2.19. The van der Waals surface area contributed by atoms with Gasteiger partial charge in [0.1, 0.15) is 0 Å². The third kappa shape index (κ3) is 4.28. The van der Waals surface area contributed by atoms with Gasteiger partial charge in [0.15, 0.2) is 0 Å². The smallest absolute Gasteiger partial charge is 0.243 e. The number of aromatic nitrogens is 2. The third-order valence-corrected chi connectivity index (χ3v) is 3.97. The van der Waals surface area contributed by atoms with Crippen molar-refractivity contribution in [1.29, 1.82) is 0 Å². The van der Waals surface area contributed by atoms with Crippen LogP contribution >= 0.6 is 0 Å². The molecule has 1 aromatic heterocycles. The average molecular weight is 309 g/mol. The molecule has 2 heterocycles. The summed E-state index contributed by atoms with van der Waals surface area (Å²) in [5, 5.41) is 4.22. The van der Waals surface area contributed by atoms with Crippen molar-refractivity contribution >= 4 is 17.9 Å². The second-order valence-electron chi connectivity index (χ2n) is 5.98. The van der Waals surface area contributed by atoms with Gasteiger partial charge < -0.3 is 4.90 Å².